The molecule has 0 aliphatic rings. The van der Waals surface area contributed by atoms with Crippen LogP contribution in [0.5, 0.6) is 0 Å². The van der Waals surface area contributed by atoms with Gasteiger partial charge in [0.1, 0.15) is 6.04 Å². The van der Waals surface area contributed by atoms with Gasteiger partial charge < -0.3 is 10.4 Å². The van der Waals surface area contributed by atoms with Crippen LogP contribution in [0.1, 0.15) is 32.8 Å². The van der Waals surface area contributed by atoms with Crippen molar-refractivity contribution in [2.45, 2.75) is 32.5 Å². The Balaban J connectivity index is 1.99. The fourth-order valence-electron chi connectivity index (χ4n) is 3.70. The highest BCUT2D eigenvalue weighted by Crippen LogP contribution is 2.29. The van der Waals surface area contributed by atoms with Gasteiger partial charge in [-0.25, -0.2) is 13.2 Å². The highest BCUT2D eigenvalue weighted by atomic mass is 32.2. The lowest BCUT2D eigenvalue weighted by atomic mass is 9.93. The van der Waals surface area contributed by atoms with Gasteiger partial charge in [-0.15, -0.1) is 11.3 Å². The molecule has 2 aromatic carbocycles. The van der Waals surface area contributed by atoms with Crippen molar-refractivity contribution in [1.82, 2.24) is 14.6 Å². The molecule has 2 N–H and O–H groups in total. The molecule has 8 nitrogen and oxygen atoms in total. The molecule has 0 spiro atoms. The van der Waals surface area contributed by atoms with Crippen LogP contribution in [0.4, 0.5) is 0 Å². The van der Waals surface area contributed by atoms with E-state index < -0.39 is 27.9 Å². The highest BCUT2D eigenvalue weighted by Gasteiger charge is 2.24. The number of hydrogen-bond acceptors (Lipinski definition) is 7. The molecule has 3 aromatic rings. The molecule has 36 heavy (non-hydrogen) atoms. The fourth-order valence-corrected chi connectivity index (χ4v) is 5.62. The van der Waals surface area contributed by atoms with Crippen molar-refractivity contribution in [1.29, 1.82) is 0 Å². The first-order chi connectivity index (χ1) is 17.1. The molecule has 1 aromatic heterocycles. The van der Waals surface area contributed by atoms with Gasteiger partial charge >= 0.3 is 5.97 Å². The number of amides is 1. The Labute approximate surface area is 219 Å². The van der Waals surface area contributed by atoms with Crippen LogP contribution in [-0.4, -0.2) is 59.0 Å². The summed E-state index contributed by atoms with van der Waals surface area (Å²) in [4.78, 5) is 29.8. The van der Waals surface area contributed by atoms with E-state index in [0.29, 0.717) is 28.9 Å². The Morgan fingerprint density at radius 1 is 1.17 bits per heavy atom. The van der Waals surface area contributed by atoms with Crippen LogP contribution < -0.4 is 5.32 Å². The Kier molecular flexibility index (Phi) is 9.66. The van der Waals surface area contributed by atoms with Crippen LogP contribution in [0.15, 0.2) is 54.2 Å². The van der Waals surface area contributed by atoms with Crippen molar-refractivity contribution in [3.05, 3.63) is 75.7 Å². The molecule has 0 aliphatic carbocycles. The summed E-state index contributed by atoms with van der Waals surface area (Å²) >= 11 is 2.89. The Hall–Kier alpha value is -2.73. The van der Waals surface area contributed by atoms with Gasteiger partial charge in [0, 0.05) is 29.7 Å². The summed E-state index contributed by atoms with van der Waals surface area (Å²) < 4.78 is 26.4. The third kappa shape index (κ3) is 7.39. The average Bonchev–Trinajstić information content (AvgIpc) is 3.34. The number of rotatable bonds is 12. The van der Waals surface area contributed by atoms with Gasteiger partial charge in [0.2, 0.25) is 10.0 Å². The second-order valence-corrected chi connectivity index (χ2v) is 12.3. The summed E-state index contributed by atoms with van der Waals surface area (Å²) in [5.74, 6) is -0.974. The maximum atomic E-state index is 13.2. The molecule has 11 heteroatoms. The fraction of sp³-hybridized carbons (Fsp3) is 0.320. The average molecular weight is 548 g/mol. The molecule has 1 atom stereocenters. The molecule has 192 valence electrons. The first kappa shape index (κ1) is 27.9. The zero-order chi connectivity index (χ0) is 26.3. The number of thioether (sulfide) groups is 1. The summed E-state index contributed by atoms with van der Waals surface area (Å²) in [5.41, 5.74) is 5.06. The number of carbonyl (C=O) groups is 2. The molecule has 0 saturated carbocycles. The normalized spacial score (nSPS) is 12.4. The molecule has 1 heterocycles. The SMILES string of the molecule is CSCC[C@H](NC(=O)c1ccc(CN(Cc2cncs2)S(C)(=O)=O)cc1-c1ccccc1C)C(=O)O. The van der Waals surface area contributed by atoms with Crippen molar-refractivity contribution in [2.24, 2.45) is 0 Å². The summed E-state index contributed by atoms with van der Waals surface area (Å²) in [6.07, 6.45) is 5.00. The van der Waals surface area contributed by atoms with Gasteiger partial charge in [-0.1, -0.05) is 30.3 Å². The molecule has 0 unspecified atom stereocenters. The van der Waals surface area contributed by atoms with Gasteiger partial charge in [-0.05, 0) is 59.7 Å². The number of carboxylic acids is 1. The zero-order valence-corrected chi connectivity index (χ0v) is 22.8. The lowest BCUT2D eigenvalue weighted by Gasteiger charge is -2.21. The minimum atomic E-state index is -3.52. The number of sulfonamides is 1. The van der Waals surface area contributed by atoms with E-state index >= 15 is 0 Å². The number of nitrogens with one attached hydrogen (secondary N) is 1. The molecule has 0 bridgehead atoms. The Bertz CT molecular complexity index is 1310. The summed E-state index contributed by atoms with van der Waals surface area (Å²) in [7, 11) is -3.52. The van der Waals surface area contributed by atoms with E-state index in [1.165, 1.54) is 33.7 Å². The smallest absolute Gasteiger partial charge is 0.326 e. The molecule has 0 saturated heterocycles. The molecule has 0 fully saturated rings. The highest BCUT2D eigenvalue weighted by molar-refractivity contribution is 7.98. The number of carboxylic acid groups (broad SMARTS) is 1. The third-order valence-corrected chi connectivity index (χ3v) is 8.23. The van der Waals surface area contributed by atoms with Gasteiger partial charge in [-0.2, -0.15) is 16.1 Å². The predicted octanol–water partition coefficient (Wildman–Crippen LogP) is 4.02. The number of aromatic nitrogens is 1. The number of benzene rings is 2. The zero-order valence-electron chi connectivity index (χ0n) is 20.3. The molecule has 1 amide bonds. The first-order valence-electron chi connectivity index (χ1n) is 11.1. The van der Waals surface area contributed by atoms with Crippen LogP contribution in [0.2, 0.25) is 0 Å². The van der Waals surface area contributed by atoms with Crippen molar-refractivity contribution in [2.75, 3.05) is 18.3 Å². The largest absolute Gasteiger partial charge is 0.480 e. The minimum absolute atomic E-state index is 0.114. The Morgan fingerprint density at radius 2 is 1.92 bits per heavy atom. The van der Waals surface area contributed by atoms with Crippen LogP contribution >= 0.6 is 23.1 Å². The van der Waals surface area contributed by atoms with Crippen molar-refractivity contribution in [3.8, 4) is 11.1 Å². The lowest BCUT2D eigenvalue weighted by molar-refractivity contribution is -0.139. The van der Waals surface area contributed by atoms with Crippen molar-refractivity contribution in [3.63, 3.8) is 0 Å². The molecule has 0 aliphatic heterocycles. The van der Waals surface area contributed by atoms with E-state index in [0.717, 1.165) is 16.0 Å². The number of carbonyl (C=O) groups excluding carboxylic acids is 1. The van der Waals surface area contributed by atoms with E-state index in [2.05, 4.69) is 10.3 Å². The van der Waals surface area contributed by atoms with E-state index in [-0.39, 0.29) is 13.1 Å². The second-order valence-electron chi connectivity index (χ2n) is 8.34. The molecule has 3 rings (SSSR count). The summed E-state index contributed by atoms with van der Waals surface area (Å²) in [6, 6.07) is 11.7. The van der Waals surface area contributed by atoms with Crippen molar-refractivity contribution >= 4 is 45.0 Å². The van der Waals surface area contributed by atoms with Crippen LogP contribution in [0.3, 0.4) is 0 Å². The molecular weight excluding hydrogens is 518 g/mol. The standard InChI is InChI=1S/C25H29N3O5S3/c1-17-6-4-5-7-20(17)22-12-18(14-28(36(3,32)33)15-19-13-26-16-35-19)8-9-21(22)24(29)27-23(25(30)31)10-11-34-2/h4-9,12-13,16,23H,10-11,14-15H2,1-3H3,(H,27,29)(H,30,31)/t23-/m0/s1. The van der Waals surface area contributed by atoms with Gasteiger partial charge in [0.15, 0.2) is 0 Å². The molecule has 0 radical (unpaired) electrons. The topological polar surface area (TPSA) is 117 Å². The maximum absolute atomic E-state index is 13.2. The second kappa shape index (κ2) is 12.5. The number of aliphatic carboxylic acids is 1. The van der Waals surface area contributed by atoms with Crippen molar-refractivity contribution < 1.29 is 23.1 Å². The number of nitrogens with zero attached hydrogens (tertiary/aromatic N) is 2. The third-order valence-electron chi connectivity index (χ3n) is 5.62. The molecular formula is C25H29N3O5S3. The number of hydrogen-bond donors (Lipinski definition) is 2. The quantitative estimate of drug-likeness (QED) is 0.352. The number of aryl methyl sites for hydroxylation is 1. The van der Waals surface area contributed by atoms with Crippen LogP contribution in [0.25, 0.3) is 11.1 Å². The monoisotopic (exact) mass is 547 g/mol. The summed E-state index contributed by atoms with van der Waals surface area (Å²) in [6.45, 7) is 2.24. The predicted molar refractivity (Wildman–Crippen MR) is 145 cm³/mol. The van der Waals surface area contributed by atoms with E-state index in [9.17, 15) is 23.1 Å². The van der Waals surface area contributed by atoms with E-state index in [4.69, 9.17) is 0 Å². The van der Waals surface area contributed by atoms with E-state index in [1.807, 2.05) is 37.4 Å². The first-order valence-corrected chi connectivity index (χ1v) is 15.3. The Morgan fingerprint density at radius 3 is 2.53 bits per heavy atom. The van der Waals surface area contributed by atoms with Gasteiger partial charge in [0.05, 0.1) is 11.8 Å². The van der Waals surface area contributed by atoms with Gasteiger partial charge in [-0.3, -0.25) is 9.78 Å². The van der Waals surface area contributed by atoms with E-state index in [1.54, 1.807) is 29.9 Å². The van der Waals surface area contributed by atoms with Gasteiger partial charge in [0.25, 0.3) is 5.91 Å². The maximum Gasteiger partial charge on any atom is 0.326 e. The minimum Gasteiger partial charge on any atom is -0.480 e. The van der Waals surface area contributed by atoms with Crippen LogP contribution in [-0.2, 0) is 27.9 Å². The lowest BCUT2D eigenvalue weighted by Crippen LogP contribution is -2.41. The summed E-state index contributed by atoms with van der Waals surface area (Å²) in [5, 5.41) is 12.2. The van der Waals surface area contributed by atoms with Crippen LogP contribution in [0, 0.1) is 6.92 Å². The number of thiazole rings is 1.